The maximum absolute atomic E-state index is 12.4. The van der Waals surface area contributed by atoms with Crippen molar-refractivity contribution < 1.29 is 9.53 Å². The molecule has 1 fully saturated rings. The first-order valence-electron chi connectivity index (χ1n) is 8.29. The van der Waals surface area contributed by atoms with Crippen LogP contribution in [0.25, 0.3) is 0 Å². The molecule has 0 aliphatic carbocycles. The van der Waals surface area contributed by atoms with Gasteiger partial charge in [0.1, 0.15) is 0 Å². The molecule has 0 amide bonds. The van der Waals surface area contributed by atoms with Crippen LogP contribution in [0.15, 0.2) is 30.3 Å². The highest BCUT2D eigenvalue weighted by Gasteiger charge is 2.27. The van der Waals surface area contributed by atoms with Crippen LogP contribution in [0.1, 0.15) is 24.2 Å². The van der Waals surface area contributed by atoms with Gasteiger partial charge >= 0.3 is 5.97 Å². The lowest BCUT2D eigenvalue weighted by Gasteiger charge is -2.31. The summed E-state index contributed by atoms with van der Waals surface area (Å²) < 4.78 is 5.35. The van der Waals surface area contributed by atoms with Gasteiger partial charge in [-0.05, 0) is 24.9 Å². The van der Waals surface area contributed by atoms with Crippen molar-refractivity contribution in [2.75, 3.05) is 24.6 Å². The zero-order valence-electron chi connectivity index (χ0n) is 14.0. The first-order valence-corrected chi connectivity index (χ1v) is 8.29. The maximum Gasteiger partial charge on any atom is 0.310 e. The zero-order valence-corrected chi connectivity index (χ0v) is 14.0. The normalized spacial score (nSPS) is 18.0. The van der Waals surface area contributed by atoms with Gasteiger partial charge in [0.2, 0.25) is 11.9 Å². The second kappa shape index (κ2) is 7.89. The second-order valence-electron chi connectivity index (χ2n) is 6.14. The maximum atomic E-state index is 12.4. The van der Waals surface area contributed by atoms with Crippen molar-refractivity contribution in [1.29, 1.82) is 0 Å². The first kappa shape index (κ1) is 17.1. The van der Waals surface area contributed by atoms with E-state index in [9.17, 15) is 4.79 Å². The summed E-state index contributed by atoms with van der Waals surface area (Å²) in [5, 5.41) is 0. The fourth-order valence-corrected chi connectivity index (χ4v) is 3.01. The Balaban J connectivity index is 1.53. The molecule has 1 unspecified atom stereocenters. The van der Waals surface area contributed by atoms with Crippen LogP contribution in [0, 0.1) is 5.92 Å². The molecule has 25 heavy (non-hydrogen) atoms. The summed E-state index contributed by atoms with van der Waals surface area (Å²) in [6, 6.07) is 10.2. The number of hydrogen-bond donors (Lipinski definition) is 2. The quantitative estimate of drug-likeness (QED) is 0.772. The number of carbonyl (C=O) groups excluding carboxylic acids is 1. The zero-order chi connectivity index (χ0) is 17.6. The molecule has 1 atom stereocenters. The number of nitrogens with zero attached hydrogens (tertiary/aromatic N) is 4. The largest absolute Gasteiger partial charge is 0.457 e. The predicted octanol–water partition coefficient (Wildman–Crippen LogP) is 0.991. The van der Waals surface area contributed by atoms with Crippen molar-refractivity contribution in [2.45, 2.75) is 26.0 Å². The number of anilines is 2. The molecule has 1 aliphatic rings. The van der Waals surface area contributed by atoms with Crippen LogP contribution < -0.4 is 11.5 Å². The van der Waals surface area contributed by atoms with Crippen LogP contribution in [-0.4, -0.2) is 38.9 Å². The molecular weight excluding hydrogens is 320 g/mol. The molecule has 4 N–H and O–H groups in total. The van der Waals surface area contributed by atoms with E-state index < -0.39 is 0 Å². The van der Waals surface area contributed by atoms with E-state index in [1.165, 1.54) is 5.56 Å². The topological polar surface area (TPSA) is 120 Å². The Morgan fingerprint density at radius 3 is 2.60 bits per heavy atom. The number of rotatable bonds is 5. The van der Waals surface area contributed by atoms with E-state index in [-0.39, 0.29) is 36.2 Å². The number of hydrogen-bond acceptors (Lipinski definition) is 8. The third kappa shape index (κ3) is 4.87. The molecule has 0 radical (unpaired) electrons. The molecule has 3 rings (SSSR count). The standard InChI is InChI=1S/C17H22N6O2/c18-16-20-14(21-17(19)22-16)11-25-15(24)13-7-4-8-23(10-13)9-12-5-2-1-3-6-12/h1-3,5-6,13H,4,7-11H2,(H4,18,19,20,21,22). The molecule has 2 aromatic rings. The van der Waals surface area contributed by atoms with E-state index in [0.29, 0.717) is 6.54 Å². The van der Waals surface area contributed by atoms with Crippen molar-refractivity contribution in [3.8, 4) is 0 Å². The molecule has 0 saturated carbocycles. The predicted molar refractivity (Wildman–Crippen MR) is 92.9 cm³/mol. The number of carbonyl (C=O) groups is 1. The summed E-state index contributed by atoms with van der Waals surface area (Å²) in [6.45, 7) is 2.46. The Morgan fingerprint density at radius 1 is 1.16 bits per heavy atom. The number of benzene rings is 1. The number of aromatic nitrogens is 3. The van der Waals surface area contributed by atoms with Crippen molar-refractivity contribution >= 4 is 17.9 Å². The van der Waals surface area contributed by atoms with Gasteiger partial charge in [-0.1, -0.05) is 30.3 Å². The van der Waals surface area contributed by atoms with Gasteiger partial charge in [0.05, 0.1) is 5.92 Å². The highest BCUT2D eigenvalue weighted by Crippen LogP contribution is 2.20. The molecule has 1 aromatic heterocycles. The lowest BCUT2D eigenvalue weighted by Crippen LogP contribution is -2.38. The van der Waals surface area contributed by atoms with Gasteiger partial charge in [0.25, 0.3) is 0 Å². The fourth-order valence-electron chi connectivity index (χ4n) is 3.01. The molecule has 8 heteroatoms. The molecule has 2 heterocycles. The number of ether oxygens (including phenoxy) is 1. The number of esters is 1. The minimum Gasteiger partial charge on any atom is -0.457 e. The summed E-state index contributed by atoms with van der Waals surface area (Å²) in [5.74, 6) is -0.0879. The van der Waals surface area contributed by atoms with Crippen molar-refractivity contribution in [3.63, 3.8) is 0 Å². The average molecular weight is 342 g/mol. The first-order chi connectivity index (χ1) is 12.1. The smallest absolute Gasteiger partial charge is 0.310 e. The van der Waals surface area contributed by atoms with Crippen molar-refractivity contribution in [2.24, 2.45) is 5.92 Å². The summed E-state index contributed by atoms with van der Waals surface area (Å²) in [4.78, 5) is 26.1. The molecular formula is C17H22N6O2. The van der Waals surface area contributed by atoms with Gasteiger partial charge in [0.15, 0.2) is 12.4 Å². The molecule has 1 aromatic carbocycles. The Hall–Kier alpha value is -2.74. The Labute approximate surface area is 146 Å². The number of nitrogen functional groups attached to an aromatic ring is 2. The second-order valence-corrected chi connectivity index (χ2v) is 6.14. The number of nitrogens with two attached hydrogens (primary N) is 2. The van der Waals surface area contributed by atoms with E-state index >= 15 is 0 Å². The van der Waals surface area contributed by atoms with Crippen LogP contribution in [-0.2, 0) is 22.7 Å². The lowest BCUT2D eigenvalue weighted by atomic mass is 9.98. The van der Waals surface area contributed by atoms with E-state index in [2.05, 4.69) is 32.0 Å². The van der Waals surface area contributed by atoms with E-state index in [1.807, 2.05) is 18.2 Å². The fraction of sp³-hybridized carbons (Fsp3) is 0.412. The van der Waals surface area contributed by atoms with Crippen LogP contribution in [0.5, 0.6) is 0 Å². The molecule has 1 saturated heterocycles. The van der Waals surface area contributed by atoms with Crippen molar-refractivity contribution in [1.82, 2.24) is 19.9 Å². The molecule has 132 valence electrons. The van der Waals surface area contributed by atoms with Gasteiger partial charge in [-0.3, -0.25) is 9.69 Å². The lowest BCUT2D eigenvalue weighted by molar-refractivity contribution is -0.152. The minimum atomic E-state index is -0.240. The number of piperidine rings is 1. The minimum absolute atomic E-state index is 0.0188. The Kier molecular flexibility index (Phi) is 5.39. The summed E-state index contributed by atoms with van der Waals surface area (Å²) >= 11 is 0. The summed E-state index contributed by atoms with van der Waals surface area (Å²) in [6.07, 6.45) is 1.80. The van der Waals surface area contributed by atoms with Crippen LogP contribution in [0.4, 0.5) is 11.9 Å². The highest BCUT2D eigenvalue weighted by molar-refractivity contribution is 5.72. The summed E-state index contributed by atoms with van der Waals surface area (Å²) in [5.41, 5.74) is 12.3. The van der Waals surface area contributed by atoms with Crippen LogP contribution in [0.3, 0.4) is 0 Å². The Bertz CT molecular complexity index is 704. The van der Waals surface area contributed by atoms with E-state index in [4.69, 9.17) is 16.2 Å². The highest BCUT2D eigenvalue weighted by atomic mass is 16.5. The third-order valence-corrected chi connectivity index (χ3v) is 4.15. The van der Waals surface area contributed by atoms with Gasteiger partial charge in [-0.25, -0.2) is 0 Å². The molecule has 0 spiro atoms. The summed E-state index contributed by atoms with van der Waals surface area (Å²) in [7, 11) is 0. The third-order valence-electron chi connectivity index (χ3n) is 4.15. The van der Waals surface area contributed by atoms with Gasteiger partial charge < -0.3 is 16.2 Å². The average Bonchev–Trinajstić information content (AvgIpc) is 2.60. The number of likely N-dealkylation sites (tertiary alicyclic amines) is 1. The van der Waals surface area contributed by atoms with Crippen LogP contribution >= 0.6 is 0 Å². The van der Waals surface area contributed by atoms with Gasteiger partial charge in [0, 0.05) is 13.1 Å². The van der Waals surface area contributed by atoms with E-state index in [0.717, 1.165) is 25.9 Å². The van der Waals surface area contributed by atoms with Crippen molar-refractivity contribution in [3.05, 3.63) is 41.7 Å². The van der Waals surface area contributed by atoms with E-state index in [1.54, 1.807) is 0 Å². The molecule has 1 aliphatic heterocycles. The molecule has 8 nitrogen and oxygen atoms in total. The SMILES string of the molecule is Nc1nc(N)nc(COC(=O)C2CCCN(Cc3ccccc3)C2)n1. The van der Waals surface area contributed by atoms with Crippen LogP contribution in [0.2, 0.25) is 0 Å². The Morgan fingerprint density at radius 2 is 1.88 bits per heavy atom. The monoisotopic (exact) mass is 342 g/mol. The van der Waals surface area contributed by atoms with Gasteiger partial charge in [-0.15, -0.1) is 0 Å². The van der Waals surface area contributed by atoms with Gasteiger partial charge in [-0.2, -0.15) is 15.0 Å². The molecule has 0 bridgehead atoms.